The number of aliphatic hydroxyl groups is 1. The zero-order valence-corrected chi connectivity index (χ0v) is 18.4. The van der Waals surface area contributed by atoms with Crippen LogP contribution in [0.15, 0.2) is 51.7 Å². The maximum atomic E-state index is 12.7. The average molecular weight is 450 g/mol. The van der Waals surface area contributed by atoms with Gasteiger partial charge in [0.05, 0.1) is 12.0 Å². The molecule has 3 atom stereocenters. The number of ether oxygens (including phenoxy) is 3. The molecule has 1 unspecified atom stereocenters. The molecule has 7 nitrogen and oxygen atoms in total. The van der Waals surface area contributed by atoms with E-state index in [1.165, 1.54) is 6.07 Å². The molecule has 172 valence electrons. The van der Waals surface area contributed by atoms with Gasteiger partial charge < -0.3 is 23.7 Å². The molecule has 0 saturated heterocycles. The van der Waals surface area contributed by atoms with Gasteiger partial charge in [-0.2, -0.15) is 0 Å². The number of carbonyl (C=O) groups excluding carboxylic acids is 1. The summed E-state index contributed by atoms with van der Waals surface area (Å²) in [6.07, 6.45) is 3.65. The molecule has 1 aliphatic carbocycles. The quantitative estimate of drug-likeness (QED) is 0.447. The van der Waals surface area contributed by atoms with Crippen molar-refractivity contribution in [1.29, 1.82) is 0 Å². The van der Waals surface area contributed by atoms with E-state index in [-0.39, 0.29) is 25.5 Å². The van der Waals surface area contributed by atoms with Crippen LogP contribution in [0.4, 0.5) is 0 Å². The topological polar surface area (TPSA) is 95.2 Å². The Morgan fingerprint density at radius 2 is 1.88 bits per heavy atom. The van der Waals surface area contributed by atoms with Gasteiger partial charge in [0, 0.05) is 23.1 Å². The second kappa shape index (κ2) is 8.90. The standard InChI is InChI=1S/C26H26O7/c1-15(17-7-5-16(6-8-17)9-18-3-2-4-21(18)27)26(29)30-13-19-10-25(28)33-22-12-24-23(11-20(19)22)31-14-32-24/h5-8,10-12,15,18,21,27H,2-4,9,13-14H2,1H3/t15?,18-,21-/m1/s1. The minimum absolute atomic E-state index is 0.0530. The first-order valence-corrected chi connectivity index (χ1v) is 11.3. The smallest absolute Gasteiger partial charge is 0.336 e. The fourth-order valence-electron chi connectivity index (χ4n) is 4.65. The molecule has 0 spiro atoms. The summed E-state index contributed by atoms with van der Waals surface area (Å²) < 4.78 is 21.6. The molecule has 1 N–H and O–H groups in total. The van der Waals surface area contributed by atoms with Crippen molar-refractivity contribution in [3.8, 4) is 11.5 Å². The molecule has 0 radical (unpaired) electrons. The Hall–Kier alpha value is -3.32. The van der Waals surface area contributed by atoms with E-state index in [1.807, 2.05) is 24.3 Å². The van der Waals surface area contributed by atoms with Crippen molar-refractivity contribution in [3.05, 3.63) is 69.6 Å². The van der Waals surface area contributed by atoms with Crippen LogP contribution in [0.3, 0.4) is 0 Å². The van der Waals surface area contributed by atoms with E-state index >= 15 is 0 Å². The predicted molar refractivity (Wildman–Crippen MR) is 120 cm³/mol. The van der Waals surface area contributed by atoms with Crippen molar-refractivity contribution in [2.75, 3.05) is 6.79 Å². The van der Waals surface area contributed by atoms with Crippen LogP contribution in [0.5, 0.6) is 11.5 Å². The maximum Gasteiger partial charge on any atom is 0.336 e. The van der Waals surface area contributed by atoms with Crippen LogP contribution in [0.1, 0.15) is 48.8 Å². The van der Waals surface area contributed by atoms with E-state index in [0.29, 0.717) is 33.9 Å². The fourth-order valence-corrected chi connectivity index (χ4v) is 4.65. The molecule has 2 heterocycles. The van der Waals surface area contributed by atoms with Crippen molar-refractivity contribution in [2.45, 2.75) is 51.2 Å². The van der Waals surface area contributed by atoms with Crippen LogP contribution < -0.4 is 15.1 Å². The van der Waals surface area contributed by atoms with E-state index in [9.17, 15) is 14.7 Å². The minimum atomic E-state index is -0.525. The van der Waals surface area contributed by atoms with E-state index < -0.39 is 11.5 Å². The Labute approximate surface area is 190 Å². The van der Waals surface area contributed by atoms with E-state index in [2.05, 4.69) is 0 Å². The first-order chi connectivity index (χ1) is 16.0. The highest BCUT2D eigenvalue weighted by molar-refractivity contribution is 5.84. The zero-order chi connectivity index (χ0) is 22.9. The van der Waals surface area contributed by atoms with Gasteiger partial charge in [0.2, 0.25) is 6.79 Å². The second-order valence-corrected chi connectivity index (χ2v) is 8.83. The Morgan fingerprint density at radius 1 is 1.12 bits per heavy atom. The van der Waals surface area contributed by atoms with Crippen molar-refractivity contribution in [2.24, 2.45) is 5.92 Å². The first-order valence-electron chi connectivity index (χ1n) is 11.3. The molecule has 1 fully saturated rings. The van der Waals surface area contributed by atoms with Crippen LogP contribution in [0, 0.1) is 5.92 Å². The normalized spacial score (nSPS) is 20.2. The van der Waals surface area contributed by atoms with Gasteiger partial charge >= 0.3 is 11.6 Å². The zero-order valence-electron chi connectivity index (χ0n) is 18.4. The van der Waals surface area contributed by atoms with Crippen LogP contribution >= 0.6 is 0 Å². The van der Waals surface area contributed by atoms with Crippen molar-refractivity contribution >= 4 is 16.9 Å². The largest absolute Gasteiger partial charge is 0.460 e. The lowest BCUT2D eigenvalue weighted by Crippen LogP contribution is -2.16. The van der Waals surface area contributed by atoms with E-state index in [0.717, 1.165) is 36.8 Å². The predicted octanol–water partition coefficient (Wildman–Crippen LogP) is 4.07. The van der Waals surface area contributed by atoms with Gasteiger partial charge in [-0.1, -0.05) is 30.7 Å². The third kappa shape index (κ3) is 4.46. The summed E-state index contributed by atoms with van der Waals surface area (Å²) >= 11 is 0. The summed E-state index contributed by atoms with van der Waals surface area (Å²) in [6.45, 7) is 1.86. The molecule has 0 bridgehead atoms. The number of esters is 1. The molecule has 3 aromatic rings. The van der Waals surface area contributed by atoms with Gasteiger partial charge in [0.1, 0.15) is 12.2 Å². The lowest BCUT2D eigenvalue weighted by atomic mass is 9.93. The van der Waals surface area contributed by atoms with Crippen molar-refractivity contribution in [3.63, 3.8) is 0 Å². The Bertz CT molecular complexity index is 1230. The van der Waals surface area contributed by atoms with Crippen molar-refractivity contribution < 1.29 is 28.5 Å². The third-order valence-corrected chi connectivity index (χ3v) is 6.64. The van der Waals surface area contributed by atoms with Crippen LogP contribution in [0.25, 0.3) is 11.0 Å². The molecule has 7 heteroatoms. The highest BCUT2D eigenvalue weighted by atomic mass is 16.7. The molecular formula is C26H26O7. The second-order valence-electron chi connectivity index (χ2n) is 8.83. The van der Waals surface area contributed by atoms with Crippen LogP contribution in [-0.4, -0.2) is 24.0 Å². The Balaban J connectivity index is 1.26. The number of hydrogen-bond donors (Lipinski definition) is 1. The molecule has 0 amide bonds. The third-order valence-electron chi connectivity index (χ3n) is 6.64. The summed E-state index contributed by atoms with van der Waals surface area (Å²) in [7, 11) is 0. The Morgan fingerprint density at radius 3 is 2.61 bits per heavy atom. The summed E-state index contributed by atoms with van der Waals surface area (Å²) in [6, 6.07) is 12.6. The summed E-state index contributed by atoms with van der Waals surface area (Å²) in [4.78, 5) is 24.7. The van der Waals surface area contributed by atoms with Gasteiger partial charge in [-0.3, -0.25) is 4.79 Å². The van der Waals surface area contributed by atoms with E-state index in [4.69, 9.17) is 18.6 Å². The lowest BCUT2D eigenvalue weighted by molar-refractivity contribution is -0.146. The van der Waals surface area contributed by atoms with Gasteiger partial charge in [0.25, 0.3) is 0 Å². The molecule has 2 aliphatic rings. The van der Waals surface area contributed by atoms with E-state index in [1.54, 1.807) is 19.1 Å². The molecule has 1 aromatic heterocycles. The number of benzene rings is 2. The minimum Gasteiger partial charge on any atom is -0.460 e. The molecule has 1 aliphatic heterocycles. The molecule has 2 aromatic carbocycles. The highest BCUT2D eigenvalue weighted by Crippen LogP contribution is 2.37. The summed E-state index contributed by atoms with van der Waals surface area (Å²) in [5.41, 5.74) is 2.39. The van der Waals surface area contributed by atoms with Gasteiger partial charge in [-0.25, -0.2) is 4.79 Å². The lowest BCUT2D eigenvalue weighted by Gasteiger charge is -2.16. The monoisotopic (exact) mass is 450 g/mol. The number of carbonyl (C=O) groups is 1. The molecule has 5 rings (SSSR count). The van der Waals surface area contributed by atoms with Gasteiger partial charge in [0.15, 0.2) is 11.5 Å². The van der Waals surface area contributed by atoms with Gasteiger partial charge in [-0.15, -0.1) is 0 Å². The van der Waals surface area contributed by atoms with Crippen molar-refractivity contribution in [1.82, 2.24) is 0 Å². The maximum absolute atomic E-state index is 12.7. The van der Waals surface area contributed by atoms with Crippen LogP contribution in [-0.2, 0) is 22.6 Å². The molecule has 33 heavy (non-hydrogen) atoms. The van der Waals surface area contributed by atoms with Gasteiger partial charge in [-0.05, 0) is 49.3 Å². The number of hydrogen-bond acceptors (Lipinski definition) is 7. The summed E-state index contributed by atoms with van der Waals surface area (Å²) in [5.74, 6) is 0.552. The number of fused-ring (bicyclic) bond motifs is 2. The SMILES string of the molecule is CC(C(=O)OCc1cc(=O)oc2cc3c(cc12)OCO3)c1ccc(C[C@H]2CCC[C@H]2O)cc1. The number of rotatable bonds is 6. The molecular weight excluding hydrogens is 424 g/mol. The van der Waals surface area contributed by atoms with Crippen LogP contribution in [0.2, 0.25) is 0 Å². The Kier molecular flexibility index (Phi) is 5.81. The summed E-state index contributed by atoms with van der Waals surface area (Å²) in [5, 5.41) is 10.7. The average Bonchev–Trinajstić information content (AvgIpc) is 3.44. The fraction of sp³-hybridized carbons (Fsp3) is 0.385. The molecule has 1 saturated carbocycles. The number of aliphatic hydroxyl groups excluding tert-OH is 1. The highest BCUT2D eigenvalue weighted by Gasteiger charge is 2.25. The first kappa shape index (κ1) is 21.5.